The van der Waals surface area contributed by atoms with Crippen LogP contribution in [0.1, 0.15) is 40.8 Å². The van der Waals surface area contributed by atoms with Crippen molar-refractivity contribution in [3.05, 3.63) is 94.4 Å². The standard InChI is InChI=1S/C24H22ClFN4O3/c1-2-4-16-7-9-17(10-8-16)32-14-18-11-12-22(33-18)23(31)28-24-27-15-30(29-24)13-19-20(25)5-3-6-21(19)26/h3,5-12,15H,2,4,13-14H2,1H3,(H,28,29,31). The molecule has 4 aromatic rings. The van der Waals surface area contributed by atoms with E-state index in [0.29, 0.717) is 10.8 Å². The summed E-state index contributed by atoms with van der Waals surface area (Å²) < 4.78 is 26.6. The lowest BCUT2D eigenvalue weighted by molar-refractivity contribution is 0.0991. The maximum absolute atomic E-state index is 14.0. The van der Waals surface area contributed by atoms with E-state index in [0.717, 1.165) is 18.6 Å². The molecule has 0 saturated heterocycles. The van der Waals surface area contributed by atoms with Crippen molar-refractivity contribution in [3.8, 4) is 5.75 Å². The Bertz CT molecular complexity index is 1220. The second-order valence-electron chi connectivity index (χ2n) is 7.37. The molecule has 0 aliphatic heterocycles. The van der Waals surface area contributed by atoms with Gasteiger partial charge in [0.1, 0.15) is 30.3 Å². The highest BCUT2D eigenvalue weighted by molar-refractivity contribution is 6.31. The number of nitrogens with zero attached hydrogens (tertiary/aromatic N) is 3. The number of anilines is 1. The summed E-state index contributed by atoms with van der Waals surface area (Å²) in [6.45, 7) is 2.41. The normalized spacial score (nSPS) is 10.9. The van der Waals surface area contributed by atoms with Crippen molar-refractivity contribution >= 4 is 23.5 Å². The molecule has 33 heavy (non-hydrogen) atoms. The Labute approximate surface area is 195 Å². The van der Waals surface area contributed by atoms with Gasteiger partial charge in [0.2, 0.25) is 5.95 Å². The van der Waals surface area contributed by atoms with Crippen LogP contribution < -0.4 is 10.1 Å². The first-order valence-corrected chi connectivity index (χ1v) is 10.8. The van der Waals surface area contributed by atoms with Crippen molar-refractivity contribution in [2.24, 2.45) is 0 Å². The van der Waals surface area contributed by atoms with Gasteiger partial charge >= 0.3 is 0 Å². The number of hydrogen-bond acceptors (Lipinski definition) is 5. The SMILES string of the molecule is CCCc1ccc(OCc2ccc(C(=O)Nc3ncn(Cc4c(F)cccc4Cl)n3)o2)cc1. The van der Waals surface area contributed by atoms with Gasteiger partial charge in [-0.2, -0.15) is 0 Å². The second-order valence-corrected chi connectivity index (χ2v) is 7.78. The molecular weight excluding hydrogens is 447 g/mol. The number of rotatable bonds is 9. The third-order valence-corrected chi connectivity index (χ3v) is 5.23. The number of hydrogen-bond donors (Lipinski definition) is 1. The van der Waals surface area contributed by atoms with Gasteiger partial charge in [-0.25, -0.2) is 14.1 Å². The summed E-state index contributed by atoms with van der Waals surface area (Å²) in [7, 11) is 0. The van der Waals surface area contributed by atoms with Crippen molar-refractivity contribution in [2.75, 3.05) is 5.32 Å². The molecule has 0 spiro atoms. The van der Waals surface area contributed by atoms with Gasteiger partial charge in [0, 0.05) is 10.6 Å². The molecule has 4 rings (SSSR count). The number of furan rings is 1. The Morgan fingerprint density at radius 1 is 1.18 bits per heavy atom. The molecule has 0 bridgehead atoms. The van der Waals surface area contributed by atoms with E-state index in [4.69, 9.17) is 20.8 Å². The van der Waals surface area contributed by atoms with E-state index < -0.39 is 11.7 Å². The summed E-state index contributed by atoms with van der Waals surface area (Å²) in [5.41, 5.74) is 1.55. The van der Waals surface area contributed by atoms with Crippen molar-refractivity contribution in [1.82, 2.24) is 14.8 Å². The van der Waals surface area contributed by atoms with Crippen LogP contribution in [0, 0.1) is 5.82 Å². The van der Waals surface area contributed by atoms with Crippen LogP contribution in [0.2, 0.25) is 5.02 Å². The minimum atomic E-state index is -0.508. The number of nitrogens with one attached hydrogen (secondary N) is 1. The van der Waals surface area contributed by atoms with Gasteiger partial charge in [-0.3, -0.25) is 10.1 Å². The van der Waals surface area contributed by atoms with E-state index in [2.05, 4.69) is 22.3 Å². The van der Waals surface area contributed by atoms with E-state index in [1.807, 2.05) is 24.3 Å². The molecule has 7 nitrogen and oxygen atoms in total. The lowest BCUT2D eigenvalue weighted by Crippen LogP contribution is -2.13. The van der Waals surface area contributed by atoms with Gasteiger partial charge in [-0.05, 0) is 48.4 Å². The van der Waals surface area contributed by atoms with E-state index in [9.17, 15) is 9.18 Å². The minimum Gasteiger partial charge on any atom is -0.486 e. The molecule has 170 valence electrons. The number of amides is 1. The van der Waals surface area contributed by atoms with Crippen LogP contribution in [-0.4, -0.2) is 20.7 Å². The van der Waals surface area contributed by atoms with Gasteiger partial charge in [-0.15, -0.1) is 5.10 Å². The maximum atomic E-state index is 14.0. The van der Waals surface area contributed by atoms with Crippen molar-refractivity contribution < 1.29 is 18.3 Å². The zero-order chi connectivity index (χ0) is 23.2. The Kier molecular flexibility index (Phi) is 7.04. The fraction of sp³-hybridized carbons (Fsp3) is 0.208. The molecule has 0 atom stereocenters. The summed E-state index contributed by atoms with van der Waals surface area (Å²) in [5.74, 6) is 0.444. The van der Waals surface area contributed by atoms with Gasteiger partial charge in [0.05, 0.1) is 6.54 Å². The first-order valence-electron chi connectivity index (χ1n) is 10.5. The Morgan fingerprint density at radius 2 is 2.00 bits per heavy atom. The third kappa shape index (κ3) is 5.78. The lowest BCUT2D eigenvalue weighted by Gasteiger charge is -2.05. The molecule has 0 fully saturated rings. The Balaban J connectivity index is 1.32. The number of aromatic nitrogens is 3. The van der Waals surface area contributed by atoms with Crippen LogP contribution in [0.15, 0.2) is 65.3 Å². The molecule has 2 heterocycles. The highest BCUT2D eigenvalue weighted by Crippen LogP contribution is 2.20. The predicted octanol–water partition coefficient (Wildman–Crippen LogP) is 5.50. The highest BCUT2D eigenvalue weighted by Gasteiger charge is 2.15. The van der Waals surface area contributed by atoms with Crippen LogP contribution in [0.25, 0.3) is 0 Å². The van der Waals surface area contributed by atoms with Gasteiger partial charge in [0.15, 0.2) is 5.76 Å². The quantitative estimate of drug-likeness (QED) is 0.351. The first-order chi connectivity index (χ1) is 16.0. The number of halogens is 2. The number of carbonyl (C=O) groups is 1. The average molecular weight is 469 g/mol. The highest BCUT2D eigenvalue weighted by atomic mass is 35.5. The fourth-order valence-corrected chi connectivity index (χ4v) is 3.43. The number of ether oxygens (including phenoxy) is 1. The maximum Gasteiger partial charge on any atom is 0.293 e. The molecule has 0 radical (unpaired) electrons. The fourth-order valence-electron chi connectivity index (χ4n) is 3.21. The largest absolute Gasteiger partial charge is 0.486 e. The van der Waals surface area contributed by atoms with Crippen LogP contribution >= 0.6 is 11.6 Å². The zero-order valence-corrected chi connectivity index (χ0v) is 18.7. The summed E-state index contributed by atoms with van der Waals surface area (Å²) in [5, 5.41) is 6.98. The molecule has 0 aliphatic rings. The first kappa shape index (κ1) is 22.5. The molecule has 9 heteroatoms. The van der Waals surface area contributed by atoms with E-state index in [1.165, 1.54) is 28.7 Å². The number of carbonyl (C=O) groups excluding carboxylic acids is 1. The van der Waals surface area contributed by atoms with Crippen LogP contribution in [0.3, 0.4) is 0 Å². The molecule has 1 amide bonds. The molecule has 2 aromatic carbocycles. The Morgan fingerprint density at radius 3 is 2.76 bits per heavy atom. The molecule has 1 N–H and O–H groups in total. The topological polar surface area (TPSA) is 82.2 Å². The Hall–Kier alpha value is -3.65. The molecule has 0 unspecified atom stereocenters. The second kappa shape index (κ2) is 10.3. The number of aryl methyl sites for hydroxylation is 1. The summed E-state index contributed by atoms with van der Waals surface area (Å²) in [6, 6.07) is 15.6. The van der Waals surface area contributed by atoms with Crippen molar-refractivity contribution in [3.63, 3.8) is 0 Å². The summed E-state index contributed by atoms with van der Waals surface area (Å²) in [6.07, 6.45) is 3.50. The predicted molar refractivity (Wildman–Crippen MR) is 122 cm³/mol. The van der Waals surface area contributed by atoms with Crippen LogP contribution in [0.4, 0.5) is 10.3 Å². The summed E-state index contributed by atoms with van der Waals surface area (Å²) in [4.78, 5) is 16.5. The molecule has 0 saturated carbocycles. The van der Waals surface area contributed by atoms with Crippen LogP contribution in [-0.2, 0) is 19.6 Å². The smallest absolute Gasteiger partial charge is 0.293 e. The van der Waals surface area contributed by atoms with E-state index in [1.54, 1.807) is 18.2 Å². The number of benzene rings is 2. The lowest BCUT2D eigenvalue weighted by atomic mass is 10.1. The minimum absolute atomic E-state index is 0.0637. The molecule has 2 aromatic heterocycles. The monoisotopic (exact) mass is 468 g/mol. The zero-order valence-electron chi connectivity index (χ0n) is 17.9. The molecule has 0 aliphatic carbocycles. The third-order valence-electron chi connectivity index (χ3n) is 4.87. The van der Waals surface area contributed by atoms with Gasteiger partial charge < -0.3 is 9.15 Å². The van der Waals surface area contributed by atoms with E-state index in [-0.39, 0.29) is 30.4 Å². The van der Waals surface area contributed by atoms with Gasteiger partial charge in [0.25, 0.3) is 5.91 Å². The van der Waals surface area contributed by atoms with Gasteiger partial charge in [-0.1, -0.05) is 43.1 Å². The summed E-state index contributed by atoms with van der Waals surface area (Å²) >= 11 is 6.04. The van der Waals surface area contributed by atoms with Crippen LogP contribution in [0.5, 0.6) is 5.75 Å². The van der Waals surface area contributed by atoms with E-state index >= 15 is 0 Å². The average Bonchev–Trinajstić information content (AvgIpc) is 3.46. The van der Waals surface area contributed by atoms with Crippen molar-refractivity contribution in [2.45, 2.75) is 32.9 Å². The van der Waals surface area contributed by atoms with Crippen molar-refractivity contribution in [1.29, 1.82) is 0 Å². The molecular formula is C24H22ClFN4O3.